The van der Waals surface area contributed by atoms with E-state index >= 15 is 0 Å². The van der Waals surface area contributed by atoms with E-state index < -0.39 is 0 Å². The molecular weight excluding hydrogens is 342 g/mol. The quantitative estimate of drug-likeness (QED) is 0.775. The summed E-state index contributed by atoms with van der Waals surface area (Å²) >= 11 is 6.03. The summed E-state index contributed by atoms with van der Waals surface area (Å²) in [5, 5.41) is 7.76. The molecular formula is C18H14ClN3O3. The largest absolute Gasteiger partial charge is 0.454 e. The maximum absolute atomic E-state index is 12.6. The molecule has 1 aromatic heterocycles. The van der Waals surface area contributed by atoms with E-state index in [0.717, 1.165) is 11.4 Å². The fraction of sp³-hybridized carbons (Fsp3) is 0.111. The van der Waals surface area contributed by atoms with Crippen LogP contribution < -0.4 is 14.8 Å². The van der Waals surface area contributed by atoms with E-state index in [0.29, 0.717) is 27.8 Å². The topological polar surface area (TPSA) is 65.4 Å². The van der Waals surface area contributed by atoms with Crippen LogP contribution in [0.1, 0.15) is 16.1 Å². The van der Waals surface area contributed by atoms with Gasteiger partial charge >= 0.3 is 0 Å². The molecule has 2 aromatic carbocycles. The Bertz CT molecular complexity index is 968. The number of fused-ring (bicyclic) bond motifs is 1. The molecule has 126 valence electrons. The molecule has 4 rings (SSSR count). The third-order valence-corrected chi connectivity index (χ3v) is 4.17. The molecule has 0 bridgehead atoms. The van der Waals surface area contributed by atoms with E-state index in [-0.39, 0.29) is 12.7 Å². The maximum Gasteiger partial charge on any atom is 0.259 e. The lowest BCUT2D eigenvalue weighted by Crippen LogP contribution is -2.13. The average Bonchev–Trinajstić information content (AvgIpc) is 3.20. The zero-order valence-electron chi connectivity index (χ0n) is 13.3. The van der Waals surface area contributed by atoms with Crippen LogP contribution in [0, 0.1) is 6.92 Å². The van der Waals surface area contributed by atoms with Gasteiger partial charge in [-0.2, -0.15) is 5.10 Å². The van der Waals surface area contributed by atoms with Gasteiger partial charge < -0.3 is 14.8 Å². The zero-order chi connectivity index (χ0) is 17.4. The predicted octanol–water partition coefficient (Wildman–Crippen LogP) is 3.82. The number of benzene rings is 2. The third kappa shape index (κ3) is 2.92. The highest BCUT2D eigenvalue weighted by Crippen LogP contribution is 2.34. The number of nitrogens with zero attached hydrogens (tertiary/aromatic N) is 2. The van der Waals surface area contributed by atoms with Crippen molar-refractivity contribution in [3.63, 3.8) is 0 Å². The highest BCUT2D eigenvalue weighted by atomic mass is 35.5. The van der Waals surface area contributed by atoms with E-state index in [1.54, 1.807) is 41.2 Å². The maximum atomic E-state index is 12.6. The van der Waals surface area contributed by atoms with Gasteiger partial charge in [0.2, 0.25) is 6.79 Å². The number of rotatable bonds is 3. The number of hydrogen-bond acceptors (Lipinski definition) is 4. The molecule has 6 nitrogen and oxygen atoms in total. The molecule has 25 heavy (non-hydrogen) atoms. The van der Waals surface area contributed by atoms with Gasteiger partial charge in [-0.1, -0.05) is 17.7 Å². The summed E-state index contributed by atoms with van der Waals surface area (Å²) in [6.45, 7) is 2.03. The van der Waals surface area contributed by atoms with Crippen LogP contribution in [0.5, 0.6) is 11.5 Å². The van der Waals surface area contributed by atoms with Gasteiger partial charge in [0.15, 0.2) is 11.5 Å². The fourth-order valence-electron chi connectivity index (χ4n) is 2.67. The van der Waals surface area contributed by atoms with E-state index in [4.69, 9.17) is 21.1 Å². The number of hydrogen-bond donors (Lipinski definition) is 1. The van der Waals surface area contributed by atoms with Crippen LogP contribution in [0.3, 0.4) is 0 Å². The number of carbonyl (C=O) groups is 1. The van der Waals surface area contributed by atoms with E-state index in [1.807, 2.05) is 19.1 Å². The lowest BCUT2D eigenvalue weighted by atomic mass is 10.2. The highest BCUT2D eigenvalue weighted by Gasteiger charge is 2.18. The molecule has 3 aromatic rings. The van der Waals surface area contributed by atoms with Gasteiger partial charge in [0.1, 0.15) is 0 Å². The number of amides is 1. The average molecular weight is 356 g/mol. The summed E-state index contributed by atoms with van der Waals surface area (Å²) in [5.74, 6) is 1.04. The Morgan fingerprint density at radius 1 is 1.20 bits per heavy atom. The molecule has 1 aliphatic rings. The summed E-state index contributed by atoms with van der Waals surface area (Å²) in [6, 6.07) is 12.6. The first kappa shape index (κ1) is 15.5. The van der Waals surface area contributed by atoms with Crippen molar-refractivity contribution in [3.8, 4) is 17.2 Å². The number of ether oxygens (including phenoxy) is 2. The van der Waals surface area contributed by atoms with Gasteiger partial charge in [-0.15, -0.1) is 0 Å². The Labute approximate surface area is 148 Å². The molecule has 2 heterocycles. The second-order valence-corrected chi connectivity index (χ2v) is 5.99. The second-order valence-electron chi connectivity index (χ2n) is 5.56. The van der Waals surface area contributed by atoms with E-state index in [2.05, 4.69) is 10.4 Å². The van der Waals surface area contributed by atoms with Crippen LogP contribution in [-0.4, -0.2) is 22.5 Å². The number of anilines is 1. The van der Waals surface area contributed by atoms with E-state index in [9.17, 15) is 4.79 Å². The zero-order valence-corrected chi connectivity index (χ0v) is 14.1. The molecule has 1 amide bonds. The molecule has 1 N–H and O–H groups in total. The van der Waals surface area contributed by atoms with Gasteiger partial charge in [-0.3, -0.25) is 4.79 Å². The molecule has 0 spiro atoms. The van der Waals surface area contributed by atoms with Crippen LogP contribution >= 0.6 is 11.6 Å². The van der Waals surface area contributed by atoms with Gasteiger partial charge in [-0.25, -0.2) is 4.68 Å². The highest BCUT2D eigenvalue weighted by molar-refractivity contribution is 6.30. The van der Waals surface area contributed by atoms with Crippen molar-refractivity contribution in [1.29, 1.82) is 0 Å². The van der Waals surface area contributed by atoms with Crippen molar-refractivity contribution in [2.45, 2.75) is 6.92 Å². The number of halogens is 1. The SMILES string of the molecule is Cc1c(C(=O)Nc2ccc3c(c2)OCO3)cnn1-c1cccc(Cl)c1. The monoisotopic (exact) mass is 355 g/mol. The van der Waals surface area contributed by atoms with Crippen LogP contribution in [0.2, 0.25) is 5.02 Å². The van der Waals surface area contributed by atoms with Gasteiger partial charge in [0, 0.05) is 16.8 Å². The second kappa shape index (κ2) is 6.14. The molecule has 0 fully saturated rings. The summed E-state index contributed by atoms with van der Waals surface area (Å²) in [6.07, 6.45) is 1.54. The molecule has 7 heteroatoms. The minimum atomic E-state index is -0.246. The van der Waals surface area contributed by atoms with Crippen LogP contribution in [-0.2, 0) is 0 Å². The molecule has 0 aliphatic carbocycles. The van der Waals surface area contributed by atoms with Crippen molar-refractivity contribution in [2.24, 2.45) is 0 Å². The summed E-state index contributed by atoms with van der Waals surface area (Å²) in [7, 11) is 0. The van der Waals surface area contributed by atoms with Gasteiger partial charge in [-0.05, 0) is 37.3 Å². The summed E-state index contributed by atoms with van der Waals surface area (Å²) in [4.78, 5) is 12.6. The van der Waals surface area contributed by atoms with Crippen LogP contribution in [0.25, 0.3) is 5.69 Å². The minimum absolute atomic E-state index is 0.193. The van der Waals surface area contributed by atoms with Crippen molar-refractivity contribution in [3.05, 3.63) is 64.9 Å². The fourth-order valence-corrected chi connectivity index (χ4v) is 2.86. The lowest BCUT2D eigenvalue weighted by Gasteiger charge is -2.07. The smallest absolute Gasteiger partial charge is 0.259 e. The summed E-state index contributed by atoms with van der Waals surface area (Å²) < 4.78 is 12.3. The molecule has 0 radical (unpaired) electrons. The van der Waals surface area contributed by atoms with Crippen molar-refractivity contribution in [2.75, 3.05) is 12.1 Å². The normalized spacial score (nSPS) is 12.2. The molecule has 0 atom stereocenters. The Morgan fingerprint density at radius 2 is 2.04 bits per heavy atom. The first-order valence-electron chi connectivity index (χ1n) is 7.63. The molecule has 1 aliphatic heterocycles. The standard InChI is InChI=1S/C18H14ClN3O3/c1-11-15(9-20-22(11)14-4-2-3-12(19)7-14)18(23)21-13-5-6-16-17(8-13)25-10-24-16/h2-9H,10H2,1H3,(H,21,23). The third-order valence-electron chi connectivity index (χ3n) is 3.94. The Kier molecular flexibility index (Phi) is 3.82. The Balaban J connectivity index is 1.59. The molecule has 0 unspecified atom stereocenters. The van der Waals surface area contributed by atoms with Crippen molar-refractivity contribution >= 4 is 23.2 Å². The van der Waals surface area contributed by atoms with Gasteiger partial charge in [0.05, 0.1) is 23.1 Å². The summed E-state index contributed by atoms with van der Waals surface area (Å²) in [5.41, 5.74) is 2.63. The molecule has 0 saturated carbocycles. The first-order chi connectivity index (χ1) is 12.1. The van der Waals surface area contributed by atoms with E-state index in [1.165, 1.54) is 0 Å². The molecule has 0 saturated heterocycles. The van der Waals surface area contributed by atoms with Crippen molar-refractivity contribution in [1.82, 2.24) is 9.78 Å². The van der Waals surface area contributed by atoms with Crippen LogP contribution in [0.4, 0.5) is 5.69 Å². The number of carbonyl (C=O) groups excluding carboxylic acids is 1. The lowest BCUT2D eigenvalue weighted by molar-refractivity contribution is 0.102. The predicted molar refractivity (Wildman–Crippen MR) is 93.8 cm³/mol. The Morgan fingerprint density at radius 3 is 2.88 bits per heavy atom. The van der Waals surface area contributed by atoms with Crippen molar-refractivity contribution < 1.29 is 14.3 Å². The van der Waals surface area contributed by atoms with Crippen LogP contribution in [0.15, 0.2) is 48.7 Å². The minimum Gasteiger partial charge on any atom is -0.454 e. The first-order valence-corrected chi connectivity index (χ1v) is 8.01. The number of nitrogens with one attached hydrogen (secondary N) is 1. The Hall–Kier alpha value is -2.99. The number of aromatic nitrogens is 2. The van der Waals surface area contributed by atoms with Gasteiger partial charge in [0.25, 0.3) is 5.91 Å².